The maximum Gasteiger partial charge on any atom is 0.259 e. The highest BCUT2D eigenvalue weighted by Crippen LogP contribution is 2.20. The molecule has 0 atom stereocenters. The van der Waals surface area contributed by atoms with Gasteiger partial charge in [-0.3, -0.25) is 9.59 Å². The number of rotatable bonds is 5. The number of phenolic OH excluding ortho intramolecular Hbond substituents is 1. The average Bonchev–Trinajstić information content (AvgIpc) is 2.74. The standard InChI is InChI=1S/C16H21N3O4/c1-23-13-6-7-14(20)12(9-13)10-17-18-15(21)11-19-8-4-2-3-5-16(19)22/h6-7,9-10,20H,2-5,8,11H2,1H3,(H,18,21)/b17-10+. The smallest absolute Gasteiger partial charge is 0.259 e. The van der Waals surface area contributed by atoms with E-state index in [1.165, 1.54) is 19.4 Å². The summed E-state index contributed by atoms with van der Waals surface area (Å²) in [7, 11) is 1.52. The first kappa shape index (κ1) is 16.8. The summed E-state index contributed by atoms with van der Waals surface area (Å²) < 4.78 is 5.06. The summed E-state index contributed by atoms with van der Waals surface area (Å²) in [5.74, 6) is 0.253. The van der Waals surface area contributed by atoms with Crippen LogP contribution in [0.1, 0.15) is 31.2 Å². The van der Waals surface area contributed by atoms with E-state index in [9.17, 15) is 14.7 Å². The Bertz CT molecular complexity index is 601. The minimum Gasteiger partial charge on any atom is -0.507 e. The molecule has 0 radical (unpaired) electrons. The second-order valence-electron chi connectivity index (χ2n) is 5.34. The normalized spacial score (nSPS) is 15.5. The number of amides is 2. The Kier molecular flexibility index (Phi) is 5.96. The van der Waals surface area contributed by atoms with Gasteiger partial charge in [0.1, 0.15) is 18.0 Å². The largest absolute Gasteiger partial charge is 0.507 e. The summed E-state index contributed by atoms with van der Waals surface area (Å²) in [5.41, 5.74) is 2.80. The van der Waals surface area contributed by atoms with Crippen molar-refractivity contribution in [2.24, 2.45) is 5.10 Å². The van der Waals surface area contributed by atoms with Gasteiger partial charge in [0.25, 0.3) is 5.91 Å². The number of nitrogens with one attached hydrogen (secondary N) is 1. The molecular weight excluding hydrogens is 298 g/mol. The Morgan fingerprint density at radius 2 is 2.26 bits per heavy atom. The van der Waals surface area contributed by atoms with E-state index in [0.717, 1.165) is 19.3 Å². The molecular formula is C16H21N3O4. The molecule has 2 N–H and O–H groups in total. The summed E-state index contributed by atoms with van der Waals surface area (Å²) in [6.45, 7) is 0.604. The number of hydrogen-bond acceptors (Lipinski definition) is 5. The van der Waals surface area contributed by atoms with E-state index in [0.29, 0.717) is 24.3 Å². The van der Waals surface area contributed by atoms with Crippen LogP contribution in [0.5, 0.6) is 11.5 Å². The fourth-order valence-electron chi connectivity index (χ4n) is 2.35. The van der Waals surface area contributed by atoms with Gasteiger partial charge in [0, 0.05) is 18.5 Å². The lowest BCUT2D eigenvalue weighted by Crippen LogP contribution is -2.39. The molecule has 0 unspecified atom stereocenters. The Hall–Kier alpha value is -2.57. The van der Waals surface area contributed by atoms with Gasteiger partial charge in [-0.25, -0.2) is 5.43 Å². The highest BCUT2D eigenvalue weighted by molar-refractivity contribution is 5.87. The number of aromatic hydroxyl groups is 1. The van der Waals surface area contributed by atoms with E-state index in [2.05, 4.69) is 10.5 Å². The third-order valence-electron chi connectivity index (χ3n) is 3.63. The lowest BCUT2D eigenvalue weighted by Gasteiger charge is -2.18. The SMILES string of the molecule is COc1ccc(O)c(/C=N/NC(=O)CN2CCCCCC2=O)c1. The van der Waals surface area contributed by atoms with Gasteiger partial charge in [-0.1, -0.05) is 6.42 Å². The fourth-order valence-corrected chi connectivity index (χ4v) is 2.35. The van der Waals surface area contributed by atoms with Gasteiger partial charge in [0.2, 0.25) is 5.91 Å². The predicted molar refractivity (Wildman–Crippen MR) is 85.4 cm³/mol. The maximum absolute atomic E-state index is 11.9. The van der Waals surface area contributed by atoms with E-state index >= 15 is 0 Å². The van der Waals surface area contributed by atoms with E-state index < -0.39 is 0 Å². The lowest BCUT2D eigenvalue weighted by molar-refractivity contribution is -0.135. The van der Waals surface area contributed by atoms with Gasteiger partial charge in [-0.05, 0) is 31.0 Å². The lowest BCUT2D eigenvalue weighted by atomic mass is 10.2. The molecule has 2 rings (SSSR count). The van der Waals surface area contributed by atoms with Crippen molar-refractivity contribution < 1.29 is 19.4 Å². The van der Waals surface area contributed by atoms with Crippen molar-refractivity contribution in [2.45, 2.75) is 25.7 Å². The zero-order valence-corrected chi connectivity index (χ0v) is 13.1. The Labute approximate surface area is 134 Å². The molecule has 7 heteroatoms. The second-order valence-corrected chi connectivity index (χ2v) is 5.34. The van der Waals surface area contributed by atoms with E-state index in [4.69, 9.17) is 4.74 Å². The number of benzene rings is 1. The van der Waals surface area contributed by atoms with Gasteiger partial charge in [0.05, 0.1) is 13.3 Å². The van der Waals surface area contributed by atoms with Crippen molar-refractivity contribution >= 4 is 18.0 Å². The van der Waals surface area contributed by atoms with Crippen molar-refractivity contribution in [3.63, 3.8) is 0 Å². The van der Waals surface area contributed by atoms with Crippen LogP contribution in [0, 0.1) is 0 Å². The zero-order valence-electron chi connectivity index (χ0n) is 13.1. The van der Waals surface area contributed by atoms with Gasteiger partial charge >= 0.3 is 0 Å². The van der Waals surface area contributed by atoms with Gasteiger partial charge < -0.3 is 14.7 Å². The van der Waals surface area contributed by atoms with E-state index in [-0.39, 0.29) is 24.1 Å². The summed E-state index contributed by atoms with van der Waals surface area (Å²) in [6.07, 6.45) is 4.63. The highest BCUT2D eigenvalue weighted by atomic mass is 16.5. The third-order valence-corrected chi connectivity index (χ3v) is 3.63. The molecule has 1 aliphatic rings. The van der Waals surface area contributed by atoms with Crippen LogP contribution in [0.3, 0.4) is 0 Å². The van der Waals surface area contributed by atoms with Gasteiger partial charge in [0.15, 0.2) is 0 Å². The molecule has 1 fully saturated rings. The fraction of sp³-hybridized carbons (Fsp3) is 0.438. The quantitative estimate of drug-likeness (QED) is 0.631. The molecule has 23 heavy (non-hydrogen) atoms. The van der Waals surface area contributed by atoms with Crippen LogP contribution in [0.15, 0.2) is 23.3 Å². The topological polar surface area (TPSA) is 91.2 Å². The van der Waals surface area contributed by atoms with Crippen molar-refractivity contribution in [1.29, 1.82) is 0 Å². The predicted octanol–water partition coefficient (Wildman–Crippen LogP) is 1.25. The number of methoxy groups -OCH3 is 1. The summed E-state index contributed by atoms with van der Waals surface area (Å²) in [5, 5.41) is 13.5. The van der Waals surface area contributed by atoms with Crippen LogP contribution in [-0.4, -0.2) is 48.2 Å². The van der Waals surface area contributed by atoms with Crippen LogP contribution in [0.2, 0.25) is 0 Å². The van der Waals surface area contributed by atoms with Gasteiger partial charge in [-0.2, -0.15) is 5.10 Å². The number of carbonyl (C=O) groups is 2. The van der Waals surface area contributed by atoms with Crippen LogP contribution >= 0.6 is 0 Å². The Morgan fingerprint density at radius 3 is 3.04 bits per heavy atom. The molecule has 0 saturated carbocycles. The molecule has 124 valence electrons. The molecule has 1 heterocycles. The molecule has 1 aromatic rings. The molecule has 0 bridgehead atoms. The minimum atomic E-state index is -0.362. The first-order valence-electron chi connectivity index (χ1n) is 7.57. The zero-order chi connectivity index (χ0) is 16.7. The van der Waals surface area contributed by atoms with Crippen LogP contribution in [0.4, 0.5) is 0 Å². The summed E-state index contributed by atoms with van der Waals surface area (Å²) >= 11 is 0. The molecule has 1 aliphatic heterocycles. The molecule has 1 saturated heterocycles. The molecule has 7 nitrogen and oxygen atoms in total. The van der Waals surface area contributed by atoms with Crippen molar-refractivity contribution in [3.8, 4) is 11.5 Å². The number of hydrazone groups is 1. The summed E-state index contributed by atoms with van der Waals surface area (Å²) in [6, 6.07) is 4.71. The molecule has 0 spiro atoms. The number of ether oxygens (including phenoxy) is 1. The number of nitrogens with zero attached hydrogens (tertiary/aromatic N) is 2. The first-order valence-corrected chi connectivity index (χ1v) is 7.57. The minimum absolute atomic E-state index is 0.000264. The molecule has 2 amide bonds. The highest BCUT2D eigenvalue weighted by Gasteiger charge is 2.18. The molecule has 0 aliphatic carbocycles. The van der Waals surface area contributed by atoms with Crippen molar-refractivity contribution in [3.05, 3.63) is 23.8 Å². The Morgan fingerprint density at radius 1 is 1.43 bits per heavy atom. The monoisotopic (exact) mass is 319 g/mol. The van der Waals surface area contributed by atoms with Crippen molar-refractivity contribution in [2.75, 3.05) is 20.2 Å². The maximum atomic E-state index is 11.9. The van der Waals surface area contributed by atoms with Gasteiger partial charge in [-0.15, -0.1) is 0 Å². The molecule has 1 aromatic carbocycles. The third kappa shape index (κ3) is 4.98. The summed E-state index contributed by atoms with van der Waals surface area (Å²) in [4.78, 5) is 25.2. The average molecular weight is 319 g/mol. The number of carbonyl (C=O) groups excluding carboxylic acids is 2. The van der Waals surface area contributed by atoms with E-state index in [1.54, 1.807) is 17.0 Å². The van der Waals surface area contributed by atoms with Crippen LogP contribution in [0.25, 0.3) is 0 Å². The molecule has 0 aromatic heterocycles. The van der Waals surface area contributed by atoms with Crippen molar-refractivity contribution in [1.82, 2.24) is 10.3 Å². The van der Waals surface area contributed by atoms with Crippen LogP contribution in [-0.2, 0) is 9.59 Å². The van der Waals surface area contributed by atoms with E-state index in [1.807, 2.05) is 0 Å². The number of hydrogen-bond donors (Lipinski definition) is 2. The van der Waals surface area contributed by atoms with Crippen LogP contribution < -0.4 is 10.2 Å². The number of phenols is 1. The number of likely N-dealkylation sites (tertiary alicyclic amines) is 1. The Balaban J connectivity index is 1.89. The second kappa shape index (κ2) is 8.17. The first-order chi connectivity index (χ1) is 11.1.